The van der Waals surface area contributed by atoms with E-state index in [2.05, 4.69) is 4.98 Å². The van der Waals surface area contributed by atoms with E-state index in [1.807, 2.05) is 11.8 Å². The van der Waals surface area contributed by atoms with Gasteiger partial charge in [-0.2, -0.15) is 13.2 Å². The van der Waals surface area contributed by atoms with Crippen LogP contribution in [0.1, 0.15) is 38.2 Å². The Morgan fingerprint density at radius 3 is 2.43 bits per heavy atom. The molecule has 0 aromatic carbocycles. The molecule has 1 saturated carbocycles. The average molecular weight is 322 g/mol. The zero-order valence-corrected chi connectivity index (χ0v) is 12.6. The number of nitrogens with two attached hydrogens (primary N) is 1. The predicted molar refractivity (Wildman–Crippen MR) is 77.5 cm³/mol. The fourth-order valence-electron chi connectivity index (χ4n) is 2.79. The summed E-state index contributed by atoms with van der Waals surface area (Å²) in [5.41, 5.74) is 5.07. The molecule has 0 atom stereocenters. The van der Waals surface area contributed by atoms with E-state index in [0.717, 1.165) is 37.9 Å². The average Bonchev–Trinajstić information content (AvgIpc) is 2.42. The van der Waals surface area contributed by atoms with E-state index in [-0.39, 0.29) is 17.1 Å². The molecule has 1 aromatic rings. The van der Waals surface area contributed by atoms with Crippen molar-refractivity contribution in [2.45, 2.75) is 50.9 Å². The molecular weight excluding hydrogens is 303 g/mol. The Kier molecular flexibility index (Phi) is 4.99. The second kappa shape index (κ2) is 6.40. The van der Waals surface area contributed by atoms with Crippen molar-refractivity contribution in [3.63, 3.8) is 0 Å². The summed E-state index contributed by atoms with van der Waals surface area (Å²) in [5, 5.41) is 0.0431. The number of hydrogen-bond acceptors (Lipinski definition) is 3. The lowest BCUT2D eigenvalue weighted by Crippen LogP contribution is -2.41. The molecule has 0 saturated heterocycles. The van der Waals surface area contributed by atoms with Crippen LogP contribution in [0.4, 0.5) is 19.0 Å². The molecule has 2 rings (SSSR count). The van der Waals surface area contributed by atoms with Crippen LogP contribution in [0, 0.1) is 0 Å². The molecule has 1 fully saturated rings. The molecular formula is C14H19ClF3N3. The fourth-order valence-corrected chi connectivity index (χ4v) is 3.07. The molecule has 1 aliphatic rings. The highest BCUT2D eigenvalue weighted by atomic mass is 35.5. The Morgan fingerprint density at radius 2 is 1.95 bits per heavy atom. The second-order valence-electron chi connectivity index (χ2n) is 5.38. The number of rotatable bonds is 3. The molecule has 0 bridgehead atoms. The number of hydrogen-bond donors (Lipinski definition) is 1. The highest BCUT2D eigenvalue weighted by Crippen LogP contribution is 2.35. The molecule has 1 aromatic heterocycles. The lowest BCUT2D eigenvalue weighted by atomic mass is 9.90. The Bertz CT molecular complexity index is 485. The van der Waals surface area contributed by atoms with Gasteiger partial charge in [0.25, 0.3) is 0 Å². The number of anilines is 1. The Labute approximate surface area is 127 Å². The van der Waals surface area contributed by atoms with Gasteiger partial charge in [0, 0.05) is 24.8 Å². The molecule has 3 nitrogen and oxygen atoms in total. The number of alkyl halides is 3. The third-order valence-corrected chi connectivity index (χ3v) is 4.22. The van der Waals surface area contributed by atoms with Crippen LogP contribution in [0.15, 0.2) is 12.3 Å². The van der Waals surface area contributed by atoms with E-state index in [0.29, 0.717) is 12.4 Å². The van der Waals surface area contributed by atoms with Crippen LogP contribution in [0.3, 0.4) is 0 Å². The maximum atomic E-state index is 12.7. The van der Waals surface area contributed by atoms with E-state index >= 15 is 0 Å². The highest BCUT2D eigenvalue weighted by molar-refractivity contribution is 6.33. The summed E-state index contributed by atoms with van der Waals surface area (Å²) in [6.45, 7) is 2.60. The quantitative estimate of drug-likeness (QED) is 0.919. The maximum absolute atomic E-state index is 12.7. The number of aromatic nitrogens is 1. The highest BCUT2D eigenvalue weighted by Gasteiger charge is 2.33. The van der Waals surface area contributed by atoms with Gasteiger partial charge in [0.05, 0.1) is 10.6 Å². The van der Waals surface area contributed by atoms with Gasteiger partial charge in [0.2, 0.25) is 0 Å². The first-order valence-corrected chi connectivity index (χ1v) is 7.45. The first-order chi connectivity index (χ1) is 9.82. The SMILES string of the molecule is CCN(c1ncc(C(F)(F)F)cc1Cl)C1CCC(N)CC1. The lowest BCUT2D eigenvalue weighted by Gasteiger charge is -2.36. The van der Waals surface area contributed by atoms with Crippen molar-refractivity contribution in [1.29, 1.82) is 0 Å². The smallest absolute Gasteiger partial charge is 0.353 e. The Morgan fingerprint density at radius 1 is 1.33 bits per heavy atom. The standard InChI is InChI=1S/C14H19ClF3N3/c1-2-21(11-5-3-10(19)4-6-11)13-12(15)7-9(8-20-13)14(16,17)18/h7-8,10-11H,2-6,19H2,1H3. The second-order valence-corrected chi connectivity index (χ2v) is 5.79. The van der Waals surface area contributed by atoms with Crippen LogP contribution < -0.4 is 10.6 Å². The number of nitrogens with zero attached hydrogens (tertiary/aromatic N) is 2. The summed E-state index contributed by atoms with van der Waals surface area (Å²) in [7, 11) is 0. The minimum atomic E-state index is -4.43. The molecule has 1 aliphatic carbocycles. The van der Waals surface area contributed by atoms with Crippen LogP contribution in [0.2, 0.25) is 5.02 Å². The zero-order valence-electron chi connectivity index (χ0n) is 11.8. The van der Waals surface area contributed by atoms with Gasteiger partial charge in [-0.3, -0.25) is 0 Å². The minimum Gasteiger partial charge on any atom is -0.353 e. The minimum absolute atomic E-state index is 0.0431. The van der Waals surface area contributed by atoms with E-state index in [1.54, 1.807) is 0 Å². The van der Waals surface area contributed by atoms with Crippen molar-refractivity contribution in [3.8, 4) is 0 Å². The van der Waals surface area contributed by atoms with E-state index in [4.69, 9.17) is 17.3 Å². The van der Waals surface area contributed by atoms with E-state index in [9.17, 15) is 13.2 Å². The number of pyridine rings is 1. The van der Waals surface area contributed by atoms with Crippen LogP contribution in [0.5, 0.6) is 0 Å². The molecule has 118 valence electrons. The Balaban J connectivity index is 2.22. The third-order valence-electron chi connectivity index (χ3n) is 3.94. The van der Waals surface area contributed by atoms with Crippen molar-refractivity contribution in [2.24, 2.45) is 5.73 Å². The molecule has 2 N–H and O–H groups in total. The van der Waals surface area contributed by atoms with Crippen LogP contribution >= 0.6 is 11.6 Å². The van der Waals surface area contributed by atoms with Gasteiger partial charge in [0.1, 0.15) is 5.82 Å². The third kappa shape index (κ3) is 3.80. The molecule has 21 heavy (non-hydrogen) atoms. The topological polar surface area (TPSA) is 42.2 Å². The summed E-state index contributed by atoms with van der Waals surface area (Å²) in [6.07, 6.45) is 0.0726. The molecule has 0 aliphatic heterocycles. The largest absolute Gasteiger partial charge is 0.417 e. The number of halogens is 4. The van der Waals surface area contributed by atoms with Crippen LogP contribution in [0.25, 0.3) is 0 Å². The first kappa shape index (κ1) is 16.4. The van der Waals surface area contributed by atoms with Crippen molar-refractivity contribution in [3.05, 3.63) is 22.8 Å². The van der Waals surface area contributed by atoms with Crippen molar-refractivity contribution in [2.75, 3.05) is 11.4 Å². The van der Waals surface area contributed by atoms with Gasteiger partial charge in [-0.25, -0.2) is 4.98 Å². The first-order valence-electron chi connectivity index (χ1n) is 7.08. The maximum Gasteiger partial charge on any atom is 0.417 e. The summed E-state index contributed by atoms with van der Waals surface area (Å²) >= 11 is 6.03. The molecule has 0 amide bonds. The lowest BCUT2D eigenvalue weighted by molar-refractivity contribution is -0.137. The van der Waals surface area contributed by atoms with Crippen LogP contribution in [-0.2, 0) is 6.18 Å². The fraction of sp³-hybridized carbons (Fsp3) is 0.643. The van der Waals surface area contributed by atoms with Gasteiger partial charge in [-0.15, -0.1) is 0 Å². The van der Waals surface area contributed by atoms with Crippen molar-refractivity contribution >= 4 is 17.4 Å². The molecule has 0 unspecified atom stereocenters. The van der Waals surface area contributed by atoms with Gasteiger partial charge in [-0.05, 0) is 38.7 Å². The van der Waals surface area contributed by atoms with Crippen molar-refractivity contribution < 1.29 is 13.2 Å². The molecule has 1 heterocycles. The zero-order chi connectivity index (χ0) is 15.6. The van der Waals surface area contributed by atoms with Gasteiger partial charge in [0.15, 0.2) is 0 Å². The van der Waals surface area contributed by atoms with Gasteiger partial charge in [-0.1, -0.05) is 11.6 Å². The molecule has 0 spiro atoms. The summed E-state index contributed by atoms with van der Waals surface area (Å²) < 4.78 is 38.0. The van der Waals surface area contributed by atoms with Gasteiger partial charge >= 0.3 is 6.18 Å². The molecule has 0 radical (unpaired) electrons. The predicted octanol–water partition coefficient (Wildman–Crippen LogP) is 3.85. The molecule has 7 heteroatoms. The summed E-state index contributed by atoms with van der Waals surface area (Å²) in [6, 6.07) is 1.40. The van der Waals surface area contributed by atoms with Crippen molar-refractivity contribution in [1.82, 2.24) is 4.98 Å². The summed E-state index contributed by atoms with van der Waals surface area (Å²) in [4.78, 5) is 5.93. The van der Waals surface area contributed by atoms with Crippen LogP contribution in [-0.4, -0.2) is 23.6 Å². The normalized spacial score (nSPS) is 23.1. The van der Waals surface area contributed by atoms with E-state index in [1.165, 1.54) is 0 Å². The Hall–Kier alpha value is -1.01. The summed E-state index contributed by atoms with van der Waals surface area (Å²) in [5.74, 6) is 0.424. The van der Waals surface area contributed by atoms with E-state index < -0.39 is 11.7 Å². The monoisotopic (exact) mass is 321 g/mol. The van der Waals surface area contributed by atoms with Gasteiger partial charge < -0.3 is 10.6 Å².